The van der Waals surface area contributed by atoms with Crippen LogP contribution < -0.4 is 16.0 Å². The molecule has 0 aromatic carbocycles. The number of hydrogen-bond acceptors (Lipinski definition) is 4. The Bertz CT molecular complexity index is 3180. The molecule has 7 nitrogen and oxygen atoms in total. The molecule has 13 aliphatic rings. The van der Waals surface area contributed by atoms with E-state index in [9.17, 15) is 19.5 Å². The number of halogens is 3. The third-order valence-corrected chi connectivity index (χ3v) is 38.4. The molecule has 13 rings (SSSR count). The first kappa shape index (κ1) is 102. The predicted molar refractivity (Wildman–Crippen MR) is 507 cm³/mol. The van der Waals surface area contributed by atoms with Gasteiger partial charge in [0.15, 0.2) is 0 Å². The number of aliphatic hydroxyl groups is 1. The molecule has 10 saturated carbocycles. The summed E-state index contributed by atoms with van der Waals surface area (Å²) in [4.78, 5) is 34.7. The van der Waals surface area contributed by atoms with Crippen molar-refractivity contribution in [2.75, 3.05) is 19.6 Å². The standard InChI is InChI=1S/C22H40O.C22H40.C21H37NO.2C21H35NO.3ClH.Rh.H2/c1-7-18(21(23)15(2)3)11-10-17(5)20-13-12-19-16(4)9-8-14-22(19,20)6;1-7-19(15-16(2)3)11-10-18(5)21-13-12-20-17(4)9-8-14-22(20,21)6;3*1-14-6-5-11-21(4)18(14)9-10-19(21)15(2)7-8-17-12-16(3)20(23)22-13-17;;;;;/h16-21,23H,2,7-14H2,1,3-6H3;17-21H,2,7-15H2,1,3-6H3;14-19H,5-13H2,1-4H3,(H,22,23);12,14-15,17-19H,5-11,13H2,1-4H3,(H,22,23);14-15,17-19H,3,5-13H2,1-2,4H3,(H,22,23);3*1H;;1H/q;;;;;;;;+3;/p-3/t16-,17?,18?,19?,20+,21?,22-;17-,18?,19?,20?,21+,22-;14-,15?,16?,17?,18?,19+,21-;2*14-,15?,17?,18?,19+,21-;;;;;/m00000...../s1. The van der Waals surface area contributed by atoms with E-state index in [1.807, 2.05) is 13.8 Å². The molecule has 3 amide bonds. The fraction of sp³-hybridized carbons (Fsp3) is 0.897. The van der Waals surface area contributed by atoms with E-state index in [0.29, 0.717) is 50.7 Å². The number of aliphatic hydroxyl groups excluding tert-OH is 1. The van der Waals surface area contributed by atoms with Gasteiger partial charge < -0.3 is 21.1 Å². The van der Waals surface area contributed by atoms with E-state index in [-0.39, 0.29) is 31.2 Å². The molecule has 0 radical (unpaired) electrons. The molecule has 17 unspecified atom stereocenters. The Morgan fingerprint density at radius 3 is 1.15 bits per heavy atom. The summed E-state index contributed by atoms with van der Waals surface area (Å²) in [7, 11) is 14.8. The quantitative estimate of drug-likeness (QED) is 0.0393. The van der Waals surface area contributed by atoms with E-state index in [1.165, 1.54) is 237 Å². The van der Waals surface area contributed by atoms with Gasteiger partial charge in [0.25, 0.3) is 0 Å². The van der Waals surface area contributed by atoms with Crippen molar-refractivity contribution >= 4 is 46.8 Å². The molecule has 12 fully saturated rings. The van der Waals surface area contributed by atoms with Crippen molar-refractivity contribution in [2.24, 2.45) is 181 Å². The van der Waals surface area contributed by atoms with Gasteiger partial charge in [0, 0.05) is 38.1 Å². The van der Waals surface area contributed by atoms with Crippen molar-refractivity contribution in [2.45, 2.75) is 408 Å². The number of rotatable bonds is 26. The Labute approximate surface area is 748 Å². The molecule has 0 aromatic heterocycles. The van der Waals surface area contributed by atoms with Gasteiger partial charge in [-0.05, 0) is 350 Å². The van der Waals surface area contributed by atoms with Crippen LogP contribution in [0.2, 0.25) is 0 Å². The molecular weight excluding hydrogens is 1600 g/mol. The van der Waals surface area contributed by atoms with Crippen molar-refractivity contribution in [3.8, 4) is 0 Å². The average molecular weight is 1790 g/mol. The van der Waals surface area contributed by atoms with Crippen LogP contribution in [0.5, 0.6) is 0 Å². The summed E-state index contributed by atoms with van der Waals surface area (Å²) in [6.45, 7) is 65.4. The van der Waals surface area contributed by atoms with Crippen LogP contribution in [0.25, 0.3) is 0 Å². The fourth-order valence-corrected chi connectivity index (χ4v) is 31.5. The maximum absolute atomic E-state index is 11.6. The molecule has 0 aromatic rings. The van der Waals surface area contributed by atoms with Crippen LogP contribution >= 0.6 is 29.1 Å². The molecule has 0 bridgehead atoms. The second-order valence-electron chi connectivity index (χ2n) is 46.1. The van der Waals surface area contributed by atoms with Gasteiger partial charge >= 0.3 is 42.1 Å². The Balaban J connectivity index is 0.000000202. The summed E-state index contributed by atoms with van der Waals surface area (Å²) in [5.74, 6) is 22.3. The van der Waals surface area contributed by atoms with Gasteiger partial charge in [-0.15, -0.1) is 6.58 Å². The van der Waals surface area contributed by atoms with Crippen LogP contribution in [0.1, 0.15) is 404 Å². The van der Waals surface area contributed by atoms with E-state index >= 15 is 0 Å². The number of allylic oxidation sites excluding steroid dienone is 1. The first-order valence-electron chi connectivity index (χ1n) is 50.5. The molecule has 3 aliphatic heterocycles. The Morgan fingerprint density at radius 1 is 0.483 bits per heavy atom. The first-order chi connectivity index (χ1) is 55.7. The second kappa shape index (κ2) is 46.7. The maximum Gasteiger partial charge on any atom is 0 e. The van der Waals surface area contributed by atoms with Crippen LogP contribution in [0, 0.1) is 181 Å². The van der Waals surface area contributed by atoms with Crippen molar-refractivity contribution in [3.63, 3.8) is 0 Å². The largest absolute Gasteiger partial charge is 0 e. The molecule has 686 valence electrons. The minimum Gasteiger partial charge on any atom is 0 e. The van der Waals surface area contributed by atoms with Crippen LogP contribution in [-0.4, -0.2) is 48.6 Å². The zero-order valence-electron chi connectivity index (χ0n) is 80.3. The molecule has 3 heterocycles. The zero-order valence-corrected chi connectivity index (χ0v) is 84.2. The Kier molecular flexibility index (Phi) is 40.5. The van der Waals surface area contributed by atoms with Gasteiger partial charge in [-0.3, -0.25) is 14.4 Å². The van der Waals surface area contributed by atoms with Crippen LogP contribution in [0.3, 0.4) is 0 Å². The van der Waals surface area contributed by atoms with Gasteiger partial charge in [0.1, 0.15) is 0 Å². The number of nitrogens with one attached hydrogen (secondary N) is 3. The van der Waals surface area contributed by atoms with Crippen molar-refractivity contribution < 1.29 is 33.9 Å². The van der Waals surface area contributed by atoms with Crippen molar-refractivity contribution in [1.29, 1.82) is 0 Å². The molecule has 0 spiro atoms. The number of carbonyl (C=O) groups excluding carboxylic acids is 3. The number of piperidine rings is 2. The monoisotopic (exact) mass is 1790 g/mol. The number of amides is 3. The van der Waals surface area contributed by atoms with E-state index in [1.54, 1.807) is 0 Å². The molecular formula is C107H189Cl3N3O4Rh. The Hall–Kier alpha value is -1.18. The molecule has 4 N–H and O–H groups in total. The van der Waals surface area contributed by atoms with Gasteiger partial charge in [-0.2, -0.15) is 0 Å². The predicted octanol–water partition coefficient (Wildman–Crippen LogP) is 30.7. The zero-order chi connectivity index (χ0) is 86.9. The van der Waals surface area contributed by atoms with E-state index < -0.39 is 13.0 Å². The summed E-state index contributed by atoms with van der Waals surface area (Å²) in [6, 6.07) is 0. The summed E-state index contributed by atoms with van der Waals surface area (Å²) in [6.07, 6.45) is 57.0. The second-order valence-corrected chi connectivity index (χ2v) is 53.6. The van der Waals surface area contributed by atoms with Gasteiger partial charge in [-0.1, -0.05) is 258 Å². The van der Waals surface area contributed by atoms with Gasteiger partial charge in [0.2, 0.25) is 17.7 Å². The summed E-state index contributed by atoms with van der Waals surface area (Å²) in [5, 5.41) is 19.5. The molecule has 118 heavy (non-hydrogen) atoms. The van der Waals surface area contributed by atoms with E-state index in [4.69, 9.17) is 29.1 Å². The van der Waals surface area contributed by atoms with Crippen molar-refractivity contribution in [3.05, 3.63) is 48.1 Å². The van der Waals surface area contributed by atoms with Gasteiger partial charge in [-0.25, -0.2) is 0 Å². The third kappa shape index (κ3) is 26.1. The topological polar surface area (TPSA) is 108 Å². The molecule has 2 saturated heterocycles. The molecule has 11 heteroatoms. The van der Waals surface area contributed by atoms with Crippen LogP contribution in [0.15, 0.2) is 48.1 Å². The van der Waals surface area contributed by atoms with E-state index in [0.717, 1.165) is 186 Å². The maximum atomic E-state index is 11.6. The minimum atomic E-state index is -1.66. The Morgan fingerprint density at radius 2 is 0.822 bits per heavy atom. The SMILES string of the molecule is C=C(C)C(O)C(CC)CCC(C)[C@H]1CCC2[C@@H](C)CCC[C@@]21C.C=C(C)CC(CC)CCC(C)[C@H]1CCC2[C@@H](C)CCC[C@@]21C.C=C1CC(CCC(C)[C@H]2CCC3[C@@H](C)CCC[C@@]32C)CNC1=O.CC1=CC(CCC(C)[C@H]2CCC3[C@@H](C)CCC[C@@]32C)CNC1=O.CC1CC(CCC(C)[C@H]2CCC3[C@@H](C)CCC[C@@]32C)CNC1=O.[Cl][Rh]([Cl])[Cl].[HH]. The molecule has 10 aliphatic carbocycles. The summed E-state index contributed by atoms with van der Waals surface area (Å²) >= 11 is -1.66. The smallest absolute Gasteiger partial charge is 0 e. The summed E-state index contributed by atoms with van der Waals surface area (Å²) in [5.41, 5.74) is 7.05. The normalized spacial score (nSPS) is 40.0. The number of hydrogen-bond donors (Lipinski definition) is 4. The van der Waals surface area contributed by atoms with Crippen molar-refractivity contribution in [1.82, 2.24) is 16.0 Å². The molecule has 32 atom stereocenters. The third-order valence-electron chi connectivity index (χ3n) is 38.4. The fourth-order valence-electron chi connectivity index (χ4n) is 31.5. The summed E-state index contributed by atoms with van der Waals surface area (Å²) < 4.78 is 0. The average Bonchev–Trinajstić information content (AvgIpc) is 1.65. The number of fused-ring (bicyclic) bond motifs is 5. The minimum absolute atomic E-state index is 0. The van der Waals surface area contributed by atoms with Crippen LogP contribution in [0.4, 0.5) is 0 Å². The van der Waals surface area contributed by atoms with E-state index in [2.05, 4.69) is 173 Å². The number of carbonyl (C=O) groups is 3. The van der Waals surface area contributed by atoms with Crippen LogP contribution in [-0.2, 0) is 27.4 Å². The van der Waals surface area contributed by atoms with Gasteiger partial charge in [0.05, 0.1) is 6.10 Å². The first-order valence-corrected chi connectivity index (χ1v) is 56.8.